The van der Waals surface area contributed by atoms with E-state index in [0.717, 1.165) is 12.1 Å². The Bertz CT molecular complexity index is 744. The zero-order chi connectivity index (χ0) is 20.3. The van der Waals surface area contributed by atoms with Gasteiger partial charge in [-0.3, -0.25) is 4.90 Å². The Labute approximate surface area is 172 Å². The Morgan fingerprint density at radius 1 is 1.03 bits per heavy atom. The van der Waals surface area contributed by atoms with E-state index in [1.165, 1.54) is 37.9 Å². The van der Waals surface area contributed by atoms with E-state index in [4.69, 9.17) is 9.47 Å². The first-order valence-corrected chi connectivity index (χ1v) is 10.2. The highest BCUT2D eigenvalue weighted by molar-refractivity contribution is 5.88. The molecule has 0 spiro atoms. The number of piperidine rings is 1. The standard InChI is InChI=1S/C22H30N4O3/c1-28-13-14-29-21-10-9-20(16-23-21)25-22(27)24-15-18-5-7-19(8-6-18)17-26-11-3-2-4-12-26/h5-10,16H,2-4,11-15,17H2,1H3,(H2,24,25,27). The molecule has 2 aromatic rings. The zero-order valence-electron chi connectivity index (χ0n) is 17.0. The van der Waals surface area contributed by atoms with Crippen LogP contribution >= 0.6 is 0 Å². The molecule has 1 aromatic heterocycles. The molecule has 1 aromatic carbocycles. The van der Waals surface area contributed by atoms with Crippen LogP contribution in [0, 0.1) is 0 Å². The largest absolute Gasteiger partial charge is 0.475 e. The number of carbonyl (C=O) groups excluding carboxylic acids is 1. The smallest absolute Gasteiger partial charge is 0.319 e. The van der Waals surface area contributed by atoms with Crippen molar-refractivity contribution in [1.82, 2.24) is 15.2 Å². The summed E-state index contributed by atoms with van der Waals surface area (Å²) < 4.78 is 10.3. The van der Waals surface area contributed by atoms with Crippen molar-refractivity contribution in [3.63, 3.8) is 0 Å². The number of pyridine rings is 1. The molecular formula is C22H30N4O3. The second-order valence-corrected chi connectivity index (χ2v) is 7.19. The molecule has 0 saturated carbocycles. The molecule has 0 aliphatic carbocycles. The summed E-state index contributed by atoms with van der Waals surface area (Å²) in [5, 5.41) is 5.64. The average molecular weight is 399 g/mol. The van der Waals surface area contributed by atoms with Crippen molar-refractivity contribution in [1.29, 1.82) is 0 Å². The van der Waals surface area contributed by atoms with Gasteiger partial charge in [-0.1, -0.05) is 30.7 Å². The Morgan fingerprint density at radius 3 is 2.48 bits per heavy atom. The topological polar surface area (TPSA) is 75.7 Å². The van der Waals surface area contributed by atoms with Gasteiger partial charge in [0.25, 0.3) is 0 Å². The number of likely N-dealkylation sites (tertiary alicyclic amines) is 1. The van der Waals surface area contributed by atoms with Crippen molar-refractivity contribution in [3.8, 4) is 5.88 Å². The summed E-state index contributed by atoms with van der Waals surface area (Å²) in [5.74, 6) is 0.498. The van der Waals surface area contributed by atoms with Crippen molar-refractivity contribution in [2.24, 2.45) is 0 Å². The van der Waals surface area contributed by atoms with Crippen LogP contribution in [0.5, 0.6) is 5.88 Å². The molecule has 0 atom stereocenters. The number of hydrogen-bond acceptors (Lipinski definition) is 5. The van der Waals surface area contributed by atoms with Gasteiger partial charge in [-0.15, -0.1) is 0 Å². The number of amides is 2. The lowest BCUT2D eigenvalue weighted by molar-refractivity contribution is 0.144. The highest BCUT2D eigenvalue weighted by Gasteiger charge is 2.10. The lowest BCUT2D eigenvalue weighted by atomic mass is 10.1. The van der Waals surface area contributed by atoms with E-state index < -0.39 is 0 Å². The number of urea groups is 1. The Balaban J connectivity index is 1.39. The second kappa shape index (κ2) is 11.4. The van der Waals surface area contributed by atoms with E-state index in [0.29, 0.717) is 31.3 Å². The monoisotopic (exact) mass is 398 g/mol. The second-order valence-electron chi connectivity index (χ2n) is 7.19. The van der Waals surface area contributed by atoms with Crippen LogP contribution in [0.4, 0.5) is 10.5 Å². The van der Waals surface area contributed by atoms with Crippen molar-refractivity contribution < 1.29 is 14.3 Å². The molecule has 2 N–H and O–H groups in total. The highest BCUT2D eigenvalue weighted by Crippen LogP contribution is 2.14. The molecule has 2 amide bonds. The van der Waals surface area contributed by atoms with Crippen LogP contribution in [0.2, 0.25) is 0 Å². The Kier molecular flexibility index (Phi) is 8.27. The summed E-state index contributed by atoms with van der Waals surface area (Å²) >= 11 is 0. The van der Waals surface area contributed by atoms with Crippen LogP contribution in [0.1, 0.15) is 30.4 Å². The third-order valence-corrected chi connectivity index (χ3v) is 4.86. The molecule has 2 heterocycles. The van der Waals surface area contributed by atoms with Gasteiger partial charge in [-0.05, 0) is 43.1 Å². The molecule has 29 heavy (non-hydrogen) atoms. The van der Waals surface area contributed by atoms with Crippen molar-refractivity contribution in [3.05, 3.63) is 53.7 Å². The SMILES string of the molecule is COCCOc1ccc(NC(=O)NCc2ccc(CN3CCCCC3)cc2)cn1. The molecule has 1 aliphatic heterocycles. The molecule has 0 bridgehead atoms. The van der Waals surface area contributed by atoms with Gasteiger partial charge >= 0.3 is 6.03 Å². The molecule has 0 radical (unpaired) electrons. The van der Waals surface area contributed by atoms with Gasteiger partial charge in [0.15, 0.2) is 0 Å². The molecule has 1 saturated heterocycles. The lowest BCUT2D eigenvalue weighted by Gasteiger charge is -2.26. The van der Waals surface area contributed by atoms with Crippen LogP contribution in [0.15, 0.2) is 42.6 Å². The summed E-state index contributed by atoms with van der Waals surface area (Å²) in [5.41, 5.74) is 3.00. The van der Waals surface area contributed by atoms with E-state index in [1.54, 1.807) is 25.4 Å². The van der Waals surface area contributed by atoms with Crippen LogP contribution in [-0.4, -0.2) is 49.3 Å². The first-order chi connectivity index (χ1) is 14.2. The molecule has 1 fully saturated rings. The summed E-state index contributed by atoms with van der Waals surface area (Å²) in [6, 6.07) is 11.7. The molecule has 156 valence electrons. The molecule has 0 unspecified atom stereocenters. The van der Waals surface area contributed by atoms with Gasteiger partial charge in [0.05, 0.1) is 18.5 Å². The zero-order valence-corrected chi connectivity index (χ0v) is 17.0. The van der Waals surface area contributed by atoms with Crippen molar-refractivity contribution in [2.75, 3.05) is 38.7 Å². The fourth-order valence-electron chi connectivity index (χ4n) is 3.27. The summed E-state index contributed by atoms with van der Waals surface area (Å²) in [6.07, 6.45) is 5.52. The number of aromatic nitrogens is 1. The van der Waals surface area contributed by atoms with Gasteiger partial charge in [-0.25, -0.2) is 9.78 Å². The van der Waals surface area contributed by atoms with Gasteiger partial charge in [0, 0.05) is 26.3 Å². The predicted octanol–water partition coefficient (Wildman–Crippen LogP) is 3.41. The highest BCUT2D eigenvalue weighted by atomic mass is 16.5. The lowest BCUT2D eigenvalue weighted by Crippen LogP contribution is -2.29. The number of nitrogens with one attached hydrogen (secondary N) is 2. The molecular weight excluding hydrogens is 368 g/mol. The number of hydrogen-bond donors (Lipinski definition) is 2. The number of methoxy groups -OCH3 is 1. The number of benzene rings is 1. The quantitative estimate of drug-likeness (QED) is 0.633. The minimum absolute atomic E-state index is 0.266. The van der Waals surface area contributed by atoms with Crippen LogP contribution in [0.25, 0.3) is 0 Å². The van der Waals surface area contributed by atoms with Crippen LogP contribution in [-0.2, 0) is 17.8 Å². The van der Waals surface area contributed by atoms with Gasteiger partial charge in [-0.2, -0.15) is 0 Å². The van der Waals surface area contributed by atoms with Crippen molar-refractivity contribution in [2.45, 2.75) is 32.4 Å². The normalized spacial score (nSPS) is 14.4. The molecule has 3 rings (SSSR count). The van der Waals surface area contributed by atoms with Gasteiger partial charge in [0.2, 0.25) is 5.88 Å². The maximum absolute atomic E-state index is 12.1. The summed E-state index contributed by atoms with van der Waals surface area (Å²) in [4.78, 5) is 18.8. The van der Waals surface area contributed by atoms with Crippen LogP contribution in [0.3, 0.4) is 0 Å². The summed E-state index contributed by atoms with van der Waals surface area (Å²) in [6.45, 7) is 4.81. The van der Waals surface area contributed by atoms with E-state index in [1.807, 2.05) is 0 Å². The van der Waals surface area contributed by atoms with E-state index in [-0.39, 0.29) is 6.03 Å². The maximum atomic E-state index is 12.1. The van der Waals surface area contributed by atoms with Gasteiger partial charge in [0.1, 0.15) is 6.61 Å². The number of ether oxygens (including phenoxy) is 2. The predicted molar refractivity (Wildman–Crippen MR) is 113 cm³/mol. The first kappa shape index (κ1) is 21.1. The minimum atomic E-state index is -0.266. The number of carbonyl (C=O) groups is 1. The van der Waals surface area contributed by atoms with Crippen LogP contribution < -0.4 is 15.4 Å². The van der Waals surface area contributed by atoms with E-state index in [2.05, 4.69) is 44.8 Å². The molecule has 7 heteroatoms. The third kappa shape index (κ3) is 7.36. The minimum Gasteiger partial charge on any atom is -0.475 e. The Hall–Kier alpha value is -2.64. The maximum Gasteiger partial charge on any atom is 0.319 e. The van der Waals surface area contributed by atoms with Crippen molar-refractivity contribution >= 4 is 11.7 Å². The molecule has 7 nitrogen and oxygen atoms in total. The Morgan fingerprint density at radius 2 is 1.79 bits per heavy atom. The molecule has 1 aliphatic rings. The summed E-state index contributed by atoms with van der Waals surface area (Å²) in [7, 11) is 1.62. The fourth-order valence-corrected chi connectivity index (χ4v) is 3.27. The number of anilines is 1. The van der Waals surface area contributed by atoms with E-state index >= 15 is 0 Å². The number of nitrogens with zero attached hydrogens (tertiary/aromatic N) is 2. The van der Waals surface area contributed by atoms with Gasteiger partial charge < -0.3 is 20.1 Å². The first-order valence-electron chi connectivity index (χ1n) is 10.2. The third-order valence-electron chi connectivity index (χ3n) is 4.86. The number of rotatable bonds is 9. The fraction of sp³-hybridized carbons (Fsp3) is 0.455. The average Bonchev–Trinajstić information content (AvgIpc) is 2.75. The van der Waals surface area contributed by atoms with E-state index in [9.17, 15) is 4.79 Å².